The van der Waals surface area contributed by atoms with Crippen LogP contribution in [-0.4, -0.2) is 43.8 Å². The molecule has 7 nitrogen and oxygen atoms in total. The number of ether oxygens (including phenoxy) is 2. The minimum Gasteiger partial charge on any atom is -0.467 e. The normalized spacial score (nSPS) is 18.7. The van der Waals surface area contributed by atoms with Crippen LogP contribution in [0.2, 0.25) is 0 Å². The Labute approximate surface area is 116 Å². The monoisotopic (exact) mass is 280 g/mol. The standard InChI is InChI=1S/C13H16N2O5/c1-9-3-4-10(11(7-9)15(17)18)14-5-6-20-12(8-14)13(16)19-2/h3-4,7,12H,5-6,8H2,1-2H3. The zero-order valence-corrected chi connectivity index (χ0v) is 11.4. The van der Waals surface area contributed by atoms with Crippen LogP contribution in [0.4, 0.5) is 11.4 Å². The molecule has 1 aliphatic heterocycles. The van der Waals surface area contributed by atoms with Crippen LogP contribution in [0.15, 0.2) is 18.2 Å². The molecular formula is C13H16N2O5. The second kappa shape index (κ2) is 5.87. The first kappa shape index (κ1) is 14.3. The summed E-state index contributed by atoms with van der Waals surface area (Å²) in [6.45, 7) is 2.87. The van der Waals surface area contributed by atoms with Crippen molar-refractivity contribution in [2.75, 3.05) is 31.7 Å². The van der Waals surface area contributed by atoms with Crippen LogP contribution in [0.3, 0.4) is 0 Å². The van der Waals surface area contributed by atoms with Gasteiger partial charge in [0.25, 0.3) is 5.69 Å². The summed E-state index contributed by atoms with van der Waals surface area (Å²) in [4.78, 5) is 24.0. The molecule has 1 fully saturated rings. The van der Waals surface area contributed by atoms with E-state index in [1.807, 2.05) is 6.07 Å². The van der Waals surface area contributed by atoms with Crippen molar-refractivity contribution in [3.05, 3.63) is 33.9 Å². The third-order valence-corrected chi connectivity index (χ3v) is 3.20. The number of carbonyl (C=O) groups is 1. The third kappa shape index (κ3) is 2.88. The van der Waals surface area contributed by atoms with E-state index >= 15 is 0 Å². The molecule has 1 aromatic carbocycles. The Hall–Kier alpha value is -2.15. The molecule has 1 heterocycles. The minimum atomic E-state index is -0.713. The fourth-order valence-electron chi connectivity index (χ4n) is 2.19. The molecule has 2 rings (SSSR count). The Kier molecular flexibility index (Phi) is 4.19. The molecule has 1 saturated heterocycles. The number of morpholine rings is 1. The molecule has 0 aliphatic carbocycles. The predicted octanol–water partition coefficient (Wildman–Crippen LogP) is 1.28. The lowest BCUT2D eigenvalue weighted by Crippen LogP contribution is -2.46. The summed E-state index contributed by atoms with van der Waals surface area (Å²) in [6.07, 6.45) is -0.713. The van der Waals surface area contributed by atoms with Crippen molar-refractivity contribution in [1.29, 1.82) is 0 Å². The molecule has 1 atom stereocenters. The fraction of sp³-hybridized carbons (Fsp3) is 0.462. The molecule has 20 heavy (non-hydrogen) atoms. The van der Waals surface area contributed by atoms with E-state index in [0.717, 1.165) is 5.56 Å². The molecule has 0 radical (unpaired) electrons. The van der Waals surface area contributed by atoms with Crippen LogP contribution in [0.5, 0.6) is 0 Å². The van der Waals surface area contributed by atoms with E-state index in [-0.39, 0.29) is 12.2 Å². The Bertz CT molecular complexity index is 531. The molecule has 1 aromatic rings. The van der Waals surface area contributed by atoms with Crippen molar-refractivity contribution in [2.24, 2.45) is 0 Å². The van der Waals surface area contributed by atoms with Gasteiger partial charge >= 0.3 is 5.97 Å². The average Bonchev–Trinajstić information content (AvgIpc) is 2.46. The highest BCUT2D eigenvalue weighted by Crippen LogP contribution is 2.30. The second-order valence-corrected chi connectivity index (χ2v) is 4.58. The number of anilines is 1. The van der Waals surface area contributed by atoms with Gasteiger partial charge in [0, 0.05) is 12.6 Å². The zero-order chi connectivity index (χ0) is 14.7. The quantitative estimate of drug-likeness (QED) is 0.471. The van der Waals surface area contributed by atoms with Crippen LogP contribution in [0, 0.1) is 17.0 Å². The average molecular weight is 280 g/mol. The van der Waals surface area contributed by atoms with Gasteiger partial charge in [-0.15, -0.1) is 0 Å². The second-order valence-electron chi connectivity index (χ2n) is 4.58. The first-order valence-corrected chi connectivity index (χ1v) is 6.22. The number of benzene rings is 1. The summed E-state index contributed by atoms with van der Waals surface area (Å²) in [7, 11) is 1.29. The van der Waals surface area contributed by atoms with Crippen molar-refractivity contribution in [1.82, 2.24) is 0 Å². The third-order valence-electron chi connectivity index (χ3n) is 3.20. The van der Waals surface area contributed by atoms with Gasteiger partial charge < -0.3 is 14.4 Å². The van der Waals surface area contributed by atoms with E-state index in [0.29, 0.717) is 18.8 Å². The van der Waals surface area contributed by atoms with Gasteiger partial charge in [0.05, 0.1) is 25.2 Å². The fourth-order valence-corrected chi connectivity index (χ4v) is 2.19. The van der Waals surface area contributed by atoms with E-state index in [1.165, 1.54) is 13.2 Å². The molecular weight excluding hydrogens is 264 g/mol. The number of nitro benzene ring substituents is 1. The number of nitrogens with zero attached hydrogens (tertiary/aromatic N) is 2. The number of carbonyl (C=O) groups excluding carboxylic acids is 1. The molecule has 7 heteroatoms. The maximum Gasteiger partial charge on any atom is 0.336 e. The van der Waals surface area contributed by atoms with Gasteiger partial charge in [-0.2, -0.15) is 0 Å². The van der Waals surface area contributed by atoms with Crippen molar-refractivity contribution in [2.45, 2.75) is 13.0 Å². The van der Waals surface area contributed by atoms with Crippen LogP contribution in [-0.2, 0) is 14.3 Å². The first-order chi connectivity index (χ1) is 9.52. The van der Waals surface area contributed by atoms with Gasteiger partial charge in [0.15, 0.2) is 6.10 Å². The SMILES string of the molecule is COC(=O)C1CN(c2ccc(C)cc2[N+](=O)[O-])CCO1. The molecule has 0 spiro atoms. The van der Waals surface area contributed by atoms with Crippen LogP contribution < -0.4 is 4.90 Å². The van der Waals surface area contributed by atoms with E-state index in [2.05, 4.69) is 4.74 Å². The lowest BCUT2D eigenvalue weighted by Gasteiger charge is -2.32. The van der Waals surface area contributed by atoms with Crippen LogP contribution >= 0.6 is 0 Å². The number of hydrogen-bond donors (Lipinski definition) is 0. The van der Waals surface area contributed by atoms with Crippen LogP contribution in [0.25, 0.3) is 0 Å². The lowest BCUT2D eigenvalue weighted by atomic mass is 10.1. The van der Waals surface area contributed by atoms with Gasteiger partial charge in [-0.05, 0) is 18.6 Å². The highest BCUT2D eigenvalue weighted by molar-refractivity contribution is 5.76. The number of hydrogen-bond acceptors (Lipinski definition) is 6. The molecule has 1 aliphatic rings. The summed E-state index contributed by atoms with van der Waals surface area (Å²) < 4.78 is 9.97. The van der Waals surface area contributed by atoms with Gasteiger partial charge in [0.2, 0.25) is 0 Å². The highest BCUT2D eigenvalue weighted by atomic mass is 16.6. The summed E-state index contributed by atoms with van der Waals surface area (Å²) >= 11 is 0. The predicted molar refractivity (Wildman–Crippen MR) is 71.8 cm³/mol. The minimum absolute atomic E-state index is 0.0375. The Balaban J connectivity index is 2.27. The van der Waals surface area contributed by atoms with Crippen molar-refractivity contribution in [3.8, 4) is 0 Å². The van der Waals surface area contributed by atoms with E-state index < -0.39 is 17.0 Å². The number of nitro groups is 1. The molecule has 0 saturated carbocycles. The maximum absolute atomic E-state index is 11.5. The van der Waals surface area contributed by atoms with E-state index in [9.17, 15) is 14.9 Å². The number of rotatable bonds is 3. The van der Waals surface area contributed by atoms with E-state index in [1.54, 1.807) is 17.9 Å². The summed E-state index contributed by atoms with van der Waals surface area (Å²) in [6, 6.07) is 5.04. The van der Waals surface area contributed by atoms with Gasteiger partial charge in [-0.3, -0.25) is 10.1 Å². The van der Waals surface area contributed by atoms with E-state index in [4.69, 9.17) is 4.74 Å². The Morgan fingerprint density at radius 2 is 2.30 bits per heavy atom. The molecule has 0 amide bonds. The summed E-state index contributed by atoms with van der Waals surface area (Å²) in [5, 5.41) is 11.1. The Morgan fingerprint density at radius 3 is 2.95 bits per heavy atom. The van der Waals surface area contributed by atoms with Crippen molar-refractivity contribution in [3.63, 3.8) is 0 Å². The summed E-state index contributed by atoms with van der Waals surface area (Å²) in [5.74, 6) is -0.468. The molecule has 1 unspecified atom stereocenters. The lowest BCUT2D eigenvalue weighted by molar-refractivity contribution is -0.384. The number of aryl methyl sites for hydroxylation is 1. The van der Waals surface area contributed by atoms with Gasteiger partial charge in [-0.25, -0.2) is 4.79 Å². The van der Waals surface area contributed by atoms with Gasteiger partial charge in [-0.1, -0.05) is 6.07 Å². The number of methoxy groups -OCH3 is 1. The smallest absolute Gasteiger partial charge is 0.336 e. The molecule has 108 valence electrons. The summed E-state index contributed by atoms with van der Waals surface area (Å²) in [5.41, 5.74) is 1.35. The van der Waals surface area contributed by atoms with Crippen molar-refractivity contribution < 1.29 is 19.2 Å². The topological polar surface area (TPSA) is 81.9 Å². The molecule has 0 N–H and O–H groups in total. The highest BCUT2D eigenvalue weighted by Gasteiger charge is 2.30. The molecule has 0 aromatic heterocycles. The maximum atomic E-state index is 11.5. The zero-order valence-electron chi connectivity index (χ0n) is 11.4. The largest absolute Gasteiger partial charge is 0.467 e. The Morgan fingerprint density at radius 1 is 1.55 bits per heavy atom. The van der Waals surface area contributed by atoms with Gasteiger partial charge in [0.1, 0.15) is 5.69 Å². The molecule has 0 bridgehead atoms. The van der Waals surface area contributed by atoms with Crippen LogP contribution in [0.1, 0.15) is 5.56 Å². The number of esters is 1. The van der Waals surface area contributed by atoms with Crippen molar-refractivity contribution >= 4 is 17.3 Å². The first-order valence-electron chi connectivity index (χ1n) is 6.22.